The van der Waals surface area contributed by atoms with Crippen LogP contribution in [0.25, 0.3) is 5.69 Å². The molecule has 1 aliphatic rings. The Morgan fingerprint density at radius 1 is 1.07 bits per heavy atom. The summed E-state index contributed by atoms with van der Waals surface area (Å²) in [6.07, 6.45) is 0. The summed E-state index contributed by atoms with van der Waals surface area (Å²) in [5.74, 6) is -1.02. The van der Waals surface area contributed by atoms with Crippen molar-refractivity contribution in [1.29, 1.82) is 0 Å². The molecule has 1 aliphatic heterocycles. The molecule has 1 saturated heterocycles. The number of hydrogen-bond donors (Lipinski definition) is 2. The molecule has 154 valence electrons. The number of nitrogens with zero attached hydrogens (tertiary/aromatic N) is 4. The summed E-state index contributed by atoms with van der Waals surface area (Å²) < 4.78 is 28.2. The predicted octanol–water partition coefficient (Wildman–Crippen LogP) is 2.60. The maximum atomic E-state index is 13.5. The van der Waals surface area contributed by atoms with Crippen LogP contribution in [0.2, 0.25) is 0 Å². The van der Waals surface area contributed by atoms with Gasteiger partial charge in [-0.2, -0.15) is 0 Å². The molecule has 0 spiro atoms. The highest BCUT2D eigenvalue weighted by Crippen LogP contribution is 2.33. The van der Waals surface area contributed by atoms with Crippen molar-refractivity contribution in [1.82, 2.24) is 14.8 Å². The zero-order chi connectivity index (χ0) is 21.6. The lowest BCUT2D eigenvalue weighted by Gasteiger charge is -2.46. The van der Waals surface area contributed by atoms with E-state index in [1.807, 2.05) is 32.9 Å². The molecule has 2 N–H and O–H groups in total. The smallest absolute Gasteiger partial charge is 0.246 e. The Bertz CT molecular complexity index is 1070. The number of rotatable bonds is 5. The maximum Gasteiger partial charge on any atom is 0.246 e. The van der Waals surface area contributed by atoms with Crippen LogP contribution in [0.1, 0.15) is 19.4 Å². The molecule has 0 atom stereocenters. The fourth-order valence-electron chi connectivity index (χ4n) is 3.51. The van der Waals surface area contributed by atoms with Crippen molar-refractivity contribution < 1.29 is 13.9 Å². The quantitative estimate of drug-likeness (QED) is 0.635. The van der Waals surface area contributed by atoms with Gasteiger partial charge in [-0.05, 0) is 56.7 Å². The van der Waals surface area contributed by atoms with E-state index in [1.165, 1.54) is 4.68 Å². The Kier molecular flexibility index (Phi) is 5.01. The van der Waals surface area contributed by atoms with Crippen LogP contribution in [0.3, 0.4) is 0 Å². The van der Waals surface area contributed by atoms with Gasteiger partial charge in [0, 0.05) is 36.4 Å². The first-order valence-electron chi connectivity index (χ1n) is 9.63. The first-order valence-corrected chi connectivity index (χ1v) is 9.63. The van der Waals surface area contributed by atoms with Gasteiger partial charge in [0.1, 0.15) is 11.6 Å². The SMILES string of the molecule is [B]c1nc(Nc2cc(C)cc(N3CC(C(C)(C)O)C3)c2)nn1-c1cc(F)cc(F)c1. The Morgan fingerprint density at radius 3 is 2.37 bits per heavy atom. The number of aliphatic hydroxyl groups is 1. The lowest BCUT2D eigenvalue weighted by Crippen LogP contribution is -2.55. The molecule has 6 nitrogen and oxygen atoms in total. The van der Waals surface area contributed by atoms with E-state index in [4.69, 9.17) is 7.85 Å². The fourth-order valence-corrected chi connectivity index (χ4v) is 3.51. The van der Waals surface area contributed by atoms with E-state index in [-0.39, 0.29) is 23.3 Å². The first kappa shape index (κ1) is 20.3. The Hall–Kier alpha value is -2.94. The number of halogens is 2. The van der Waals surface area contributed by atoms with E-state index in [2.05, 4.69) is 26.4 Å². The highest BCUT2D eigenvalue weighted by atomic mass is 19.1. The van der Waals surface area contributed by atoms with Gasteiger partial charge in [0.2, 0.25) is 5.95 Å². The molecular weight excluding hydrogens is 387 g/mol. The van der Waals surface area contributed by atoms with E-state index in [9.17, 15) is 13.9 Å². The lowest BCUT2D eigenvalue weighted by molar-refractivity contribution is 0.00460. The van der Waals surface area contributed by atoms with Crippen molar-refractivity contribution in [3.63, 3.8) is 0 Å². The Morgan fingerprint density at radius 2 is 1.73 bits per heavy atom. The van der Waals surface area contributed by atoms with Crippen molar-refractivity contribution >= 4 is 30.9 Å². The zero-order valence-electron chi connectivity index (χ0n) is 17.0. The number of anilines is 3. The average Bonchev–Trinajstić information content (AvgIpc) is 2.91. The molecule has 2 aromatic carbocycles. The summed E-state index contributed by atoms with van der Waals surface area (Å²) in [5.41, 5.74) is 2.28. The van der Waals surface area contributed by atoms with Crippen LogP contribution >= 0.6 is 0 Å². The van der Waals surface area contributed by atoms with Crippen LogP contribution in [-0.4, -0.2) is 46.4 Å². The second kappa shape index (κ2) is 7.39. The highest BCUT2D eigenvalue weighted by molar-refractivity contribution is 6.29. The predicted molar refractivity (Wildman–Crippen MR) is 113 cm³/mol. The average molecular weight is 409 g/mol. The molecule has 1 fully saturated rings. The molecule has 30 heavy (non-hydrogen) atoms. The fraction of sp³-hybridized carbons (Fsp3) is 0.333. The van der Waals surface area contributed by atoms with Gasteiger partial charge in [-0.3, -0.25) is 0 Å². The minimum Gasteiger partial charge on any atom is -0.390 e. The van der Waals surface area contributed by atoms with E-state index >= 15 is 0 Å². The number of benzene rings is 2. The normalized spacial score (nSPS) is 14.7. The van der Waals surface area contributed by atoms with Crippen LogP contribution in [0, 0.1) is 24.5 Å². The molecule has 0 unspecified atom stereocenters. The third-order valence-electron chi connectivity index (χ3n) is 5.29. The van der Waals surface area contributed by atoms with Gasteiger partial charge in [0.15, 0.2) is 7.85 Å². The highest BCUT2D eigenvalue weighted by Gasteiger charge is 2.37. The summed E-state index contributed by atoms with van der Waals surface area (Å²) in [6, 6.07) is 9.02. The van der Waals surface area contributed by atoms with Crippen LogP contribution in [0.15, 0.2) is 36.4 Å². The van der Waals surface area contributed by atoms with Gasteiger partial charge in [-0.25, -0.2) is 18.4 Å². The van der Waals surface area contributed by atoms with Crippen LogP contribution < -0.4 is 15.9 Å². The molecule has 9 heteroatoms. The molecule has 3 aromatic rings. The minimum atomic E-state index is -0.725. The summed E-state index contributed by atoms with van der Waals surface area (Å²) in [5, 5.41) is 17.5. The van der Waals surface area contributed by atoms with Crippen molar-refractivity contribution in [2.45, 2.75) is 26.4 Å². The molecule has 1 aromatic heterocycles. The van der Waals surface area contributed by atoms with Gasteiger partial charge in [-0.15, -0.1) is 5.10 Å². The van der Waals surface area contributed by atoms with Gasteiger partial charge in [0.05, 0.1) is 17.0 Å². The number of aromatic nitrogens is 3. The number of aryl methyl sites for hydroxylation is 1. The number of nitrogens with one attached hydrogen (secondary N) is 1. The van der Waals surface area contributed by atoms with Crippen molar-refractivity contribution in [3.05, 3.63) is 53.6 Å². The largest absolute Gasteiger partial charge is 0.390 e. The molecular formula is C21H22BF2N5O. The second-order valence-electron chi connectivity index (χ2n) is 8.27. The zero-order valence-corrected chi connectivity index (χ0v) is 17.0. The van der Waals surface area contributed by atoms with E-state index in [0.717, 1.165) is 48.2 Å². The molecule has 0 saturated carbocycles. The van der Waals surface area contributed by atoms with Gasteiger partial charge < -0.3 is 15.3 Å². The van der Waals surface area contributed by atoms with Gasteiger partial charge in [0.25, 0.3) is 0 Å². The van der Waals surface area contributed by atoms with E-state index in [1.54, 1.807) is 0 Å². The van der Waals surface area contributed by atoms with Crippen molar-refractivity contribution in [3.8, 4) is 5.69 Å². The third-order valence-corrected chi connectivity index (χ3v) is 5.29. The lowest BCUT2D eigenvalue weighted by atomic mass is 9.84. The van der Waals surface area contributed by atoms with Crippen molar-refractivity contribution in [2.24, 2.45) is 5.92 Å². The van der Waals surface area contributed by atoms with E-state index < -0.39 is 17.2 Å². The molecule has 0 bridgehead atoms. The monoisotopic (exact) mass is 409 g/mol. The van der Waals surface area contributed by atoms with Crippen LogP contribution in [0.4, 0.5) is 26.1 Å². The summed E-state index contributed by atoms with van der Waals surface area (Å²) >= 11 is 0. The van der Waals surface area contributed by atoms with Gasteiger partial charge >= 0.3 is 0 Å². The van der Waals surface area contributed by atoms with Crippen LogP contribution in [0.5, 0.6) is 0 Å². The second-order valence-corrected chi connectivity index (χ2v) is 8.27. The molecule has 0 aliphatic carbocycles. The van der Waals surface area contributed by atoms with Crippen molar-refractivity contribution in [2.75, 3.05) is 23.3 Å². The third kappa shape index (κ3) is 4.16. The maximum absolute atomic E-state index is 13.5. The van der Waals surface area contributed by atoms with E-state index in [0.29, 0.717) is 0 Å². The molecule has 0 amide bonds. The standard InChI is InChI=1S/C21H22BF2N5O/c1-12-4-16(9-17(5-12)28-10-13(11-28)21(2,3)30)25-20-26-19(22)29(27-20)18-7-14(23)6-15(24)8-18/h4-9,13,30H,10-11H2,1-3H3,(H,25,27). The summed E-state index contributed by atoms with van der Waals surface area (Å²) in [7, 11) is 5.89. The van der Waals surface area contributed by atoms with Crippen LogP contribution in [-0.2, 0) is 0 Å². The Labute approximate surface area is 175 Å². The topological polar surface area (TPSA) is 66.2 Å². The Balaban J connectivity index is 1.55. The molecule has 2 radical (unpaired) electrons. The molecule has 4 rings (SSSR count). The van der Waals surface area contributed by atoms with Gasteiger partial charge in [-0.1, -0.05) is 0 Å². The summed E-state index contributed by atoms with van der Waals surface area (Å²) in [4.78, 5) is 6.34. The molecule has 2 heterocycles. The minimum absolute atomic E-state index is 0.00568. The summed E-state index contributed by atoms with van der Waals surface area (Å²) in [6.45, 7) is 7.19. The first-order chi connectivity index (χ1) is 14.1. The number of hydrogen-bond acceptors (Lipinski definition) is 5.